The van der Waals surface area contributed by atoms with Crippen LogP contribution in [-0.2, 0) is 13.0 Å². The van der Waals surface area contributed by atoms with Gasteiger partial charge in [-0.1, -0.05) is 6.92 Å². The zero-order valence-electron chi connectivity index (χ0n) is 9.90. The van der Waals surface area contributed by atoms with Gasteiger partial charge in [0.05, 0.1) is 23.9 Å². The van der Waals surface area contributed by atoms with Crippen LogP contribution in [0.5, 0.6) is 0 Å². The Morgan fingerprint density at radius 3 is 2.94 bits per heavy atom. The molecule has 1 heterocycles. The molecule has 0 unspecified atom stereocenters. The van der Waals surface area contributed by atoms with Crippen molar-refractivity contribution in [2.45, 2.75) is 19.9 Å². The van der Waals surface area contributed by atoms with E-state index in [1.165, 1.54) is 10.9 Å². The smallest absolute Gasteiger partial charge is 0.147 e. The summed E-state index contributed by atoms with van der Waals surface area (Å²) in [6, 6.07) is 6.29. The number of thiazole rings is 1. The summed E-state index contributed by atoms with van der Waals surface area (Å²) in [5, 5.41) is 12.6. The molecule has 0 amide bonds. The van der Waals surface area contributed by atoms with E-state index >= 15 is 0 Å². The Bertz CT molecular complexity index is 586. The molecule has 1 N–H and O–H groups in total. The molecule has 1 aromatic carbocycles. The summed E-state index contributed by atoms with van der Waals surface area (Å²) >= 11 is 1.62. The van der Waals surface area contributed by atoms with E-state index in [4.69, 9.17) is 5.26 Å². The third-order valence-electron chi connectivity index (χ3n) is 2.48. The monoisotopic (exact) mass is 261 g/mol. The Morgan fingerprint density at radius 2 is 2.33 bits per heavy atom. The number of nitrogens with zero attached hydrogens (tertiary/aromatic N) is 2. The van der Waals surface area contributed by atoms with Crippen LogP contribution in [-0.4, -0.2) is 4.98 Å². The summed E-state index contributed by atoms with van der Waals surface area (Å²) in [5.74, 6) is -0.415. The first kappa shape index (κ1) is 12.5. The Morgan fingerprint density at radius 1 is 1.50 bits per heavy atom. The molecule has 92 valence electrons. The molecule has 18 heavy (non-hydrogen) atoms. The third-order valence-corrected chi connectivity index (χ3v) is 3.62. The van der Waals surface area contributed by atoms with Crippen LogP contribution in [0, 0.1) is 17.1 Å². The molecule has 0 aliphatic heterocycles. The first-order chi connectivity index (χ1) is 8.72. The summed E-state index contributed by atoms with van der Waals surface area (Å²) in [6.45, 7) is 2.57. The van der Waals surface area contributed by atoms with Crippen LogP contribution in [0.15, 0.2) is 24.4 Å². The van der Waals surface area contributed by atoms with E-state index in [0.29, 0.717) is 17.8 Å². The normalized spacial score (nSPS) is 10.1. The van der Waals surface area contributed by atoms with E-state index in [1.807, 2.05) is 12.3 Å². The first-order valence-electron chi connectivity index (χ1n) is 5.60. The highest BCUT2D eigenvalue weighted by Gasteiger charge is 2.05. The van der Waals surface area contributed by atoms with Gasteiger partial charge in [-0.15, -0.1) is 11.3 Å². The predicted molar refractivity (Wildman–Crippen MR) is 69.9 cm³/mol. The maximum absolute atomic E-state index is 13.6. The number of aryl methyl sites for hydroxylation is 1. The Hall–Kier alpha value is -1.93. The van der Waals surface area contributed by atoms with Crippen molar-refractivity contribution in [3.8, 4) is 6.07 Å². The van der Waals surface area contributed by atoms with Crippen molar-refractivity contribution in [3.05, 3.63) is 45.7 Å². The molecule has 0 aliphatic rings. The second-order valence-electron chi connectivity index (χ2n) is 3.73. The standard InChI is InChI=1S/C13H12FN3S/c1-2-10-7-17-13(18-10)8-16-12-4-3-9(6-15)5-11(12)14/h3-5,7,16H,2,8H2,1H3. The van der Waals surface area contributed by atoms with Gasteiger partial charge in [-0.05, 0) is 24.6 Å². The molecule has 0 atom stereocenters. The lowest BCUT2D eigenvalue weighted by Crippen LogP contribution is -2.01. The van der Waals surface area contributed by atoms with Gasteiger partial charge in [0.2, 0.25) is 0 Å². The molecule has 2 aromatic rings. The Kier molecular flexibility index (Phi) is 3.90. The summed E-state index contributed by atoms with van der Waals surface area (Å²) in [7, 11) is 0. The second kappa shape index (κ2) is 5.61. The number of benzene rings is 1. The van der Waals surface area contributed by atoms with Crippen molar-refractivity contribution in [1.82, 2.24) is 4.98 Å². The van der Waals surface area contributed by atoms with Gasteiger partial charge in [-0.25, -0.2) is 9.37 Å². The van der Waals surface area contributed by atoms with Gasteiger partial charge >= 0.3 is 0 Å². The quantitative estimate of drug-likeness (QED) is 0.918. The Labute approximate surface area is 109 Å². The number of aromatic nitrogens is 1. The number of halogens is 1. The molecule has 0 fully saturated rings. The van der Waals surface area contributed by atoms with Gasteiger partial charge in [-0.2, -0.15) is 5.26 Å². The summed E-state index contributed by atoms with van der Waals surface area (Å²) in [4.78, 5) is 5.46. The summed E-state index contributed by atoms with van der Waals surface area (Å²) in [6.07, 6.45) is 2.81. The molecule has 0 saturated heterocycles. The molecule has 3 nitrogen and oxygen atoms in total. The van der Waals surface area contributed by atoms with Crippen LogP contribution in [0.2, 0.25) is 0 Å². The van der Waals surface area contributed by atoms with Crippen LogP contribution in [0.4, 0.5) is 10.1 Å². The zero-order valence-corrected chi connectivity index (χ0v) is 10.7. The minimum atomic E-state index is -0.415. The lowest BCUT2D eigenvalue weighted by molar-refractivity contribution is 0.629. The van der Waals surface area contributed by atoms with Crippen molar-refractivity contribution in [3.63, 3.8) is 0 Å². The van der Waals surface area contributed by atoms with Gasteiger partial charge in [0.1, 0.15) is 10.8 Å². The minimum absolute atomic E-state index is 0.320. The summed E-state index contributed by atoms with van der Waals surface area (Å²) < 4.78 is 13.6. The van der Waals surface area contributed by atoms with E-state index in [0.717, 1.165) is 11.4 Å². The molecule has 0 bridgehead atoms. The lowest BCUT2D eigenvalue weighted by Gasteiger charge is -2.05. The maximum atomic E-state index is 13.6. The Balaban J connectivity index is 2.04. The highest BCUT2D eigenvalue weighted by molar-refractivity contribution is 7.11. The number of hydrogen-bond donors (Lipinski definition) is 1. The van der Waals surface area contributed by atoms with Crippen molar-refractivity contribution in [2.75, 3.05) is 5.32 Å². The van der Waals surface area contributed by atoms with E-state index in [1.54, 1.807) is 23.5 Å². The lowest BCUT2D eigenvalue weighted by atomic mass is 10.2. The first-order valence-corrected chi connectivity index (χ1v) is 6.41. The number of hydrogen-bond acceptors (Lipinski definition) is 4. The average molecular weight is 261 g/mol. The number of anilines is 1. The molecular weight excluding hydrogens is 249 g/mol. The van der Waals surface area contributed by atoms with Gasteiger partial charge < -0.3 is 5.32 Å². The molecule has 1 aromatic heterocycles. The van der Waals surface area contributed by atoms with Crippen LogP contribution in [0.1, 0.15) is 22.4 Å². The molecule has 0 radical (unpaired) electrons. The zero-order chi connectivity index (χ0) is 13.0. The molecule has 2 rings (SSSR count). The van der Waals surface area contributed by atoms with Crippen molar-refractivity contribution in [2.24, 2.45) is 0 Å². The van der Waals surface area contributed by atoms with Crippen LogP contribution < -0.4 is 5.32 Å². The van der Waals surface area contributed by atoms with E-state index in [2.05, 4.69) is 17.2 Å². The highest BCUT2D eigenvalue weighted by Crippen LogP contribution is 2.18. The number of nitriles is 1. The van der Waals surface area contributed by atoms with Crippen LogP contribution in [0.25, 0.3) is 0 Å². The fraction of sp³-hybridized carbons (Fsp3) is 0.231. The number of nitrogens with one attached hydrogen (secondary N) is 1. The van der Waals surface area contributed by atoms with Gasteiger partial charge in [0.15, 0.2) is 0 Å². The highest BCUT2D eigenvalue weighted by atomic mass is 32.1. The van der Waals surface area contributed by atoms with E-state index < -0.39 is 5.82 Å². The fourth-order valence-electron chi connectivity index (χ4n) is 1.49. The minimum Gasteiger partial charge on any atom is -0.376 e. The molecule has 0 aliphatic carbocycles. The molecular formula is C13H12FN3S. The maximum Gasteiger partial charge on any atom is 0.147 e. The van der Waals surface area contributed by atoms with Crippen LogP contribution >= 0.6 is 11.3 Å². The third kappa shape index (κ3) is 2.84. The molecule has 0 saturated carbocycles. The predicted octanol–water partition coefficient (Wildman–Crippen LogP) is 3.33. The van der Waals surface area contributed by atoms with Crippen molar-refractivity contribution < 1.29 is 4.39 Å². The second-order valence-corrected chi connectivity index (χ2v) is 4.93. The largest absolute Gasteiger partial charge is 0.376 e. The number of rotatable bonds is 4. The van der Waals surface area contributed by atoms with Gasteiger partial charge in [-0.3, -0.25) is 0 Å². The van der Waals surface area contributed by atoms with Crippen molar-refractivity contribution in [1.29, 1.82) is 5.26 Å². The fourth-order valence-corrected chi connectivity index (χ4v) is 2.29. The topological polar surface area (TPSA) is 48.7 Å². The van der Waals surface area contributed by atoms with Gasteiger partial charge in [0, 0.05) is 11.1 Å². The average Bonchev–Trinajstić information content (AvgIpc) is 2.85. The van der Waals surface area contributed by atoms with Gasteiger partial charge in [0.25, 0.3) is 0 Å². The molecule has 5 heteroatoms. The van der Waals surface area contributed by atoms with E-state index in [-0.39, 0.29) is 0 Å². The van der Waals surface area contributed by atoms with Crippen molar-refractivity contribution >= 4 is 17.0 Å². The SMILES string of the molecule is CCc1cnc(CNc2ccc(C#N)cc2F)s1. The van der Waals surface area contributed by atoms with E-state index in [9.17, 15) is 4.39 Å². The van der Waals surface area contributed by atoms with Crippen LogP contribution in [0.3, 0.4) is 0 Å². The summed E-state index contributed by atoms with van der Waals surface area (Å²) in [5.41, 5.74) is 0.711. The molecule has 0 spiro atoms.